The van der Waals surface area contributed by atoms with Crippen molar-refractivity contribution in [3.8, 4) is 0 Å². The lowest BCUT2D eigenvalue weighted by Crippen LogP contribution is -2.44. The Labute approximate surface area is 198 Å². The molecule has 3 aliphatic rings. The zero-order valence-corrected chi connectivity index (χ0v) is 20.0. The highest BCUT2D eigenvalue weighted by atomic mass is 32.1. The molecule has 33 heavy (non-hydrogen) atoms. The fourth-order valence-corrected chi connectivity index (χ4v) is 7.65. The van der Waals surface area contributed by atoms with E-state index in [4.69, 9.17) is 5.73 Å². The third-order valence-electron chi connectivity index (χ3n) is 8.46. The molecule has 2 amide bonds. The molecule has 0 saturated heterocycles. The Bertz CT molecular complexity index is 1130. The van der Waals surface area contributed by atoms with Crippen LogP contribution >= 0.6 is 11.3 Å². The Hall–Kier alpha value is -2.54. The van der Waals surface area contributed by atoms with E-state index < -0.39 is 0 Å². The van der Waals surface area contributed by atoms with E-state index in [-0.39, 0.29) is 23.1 Å². The summed E-state index contributed by atoms with van der Waals surface area (Å²) in [5.41, 5.74) is 8.35. The summed E-state index contributed by atoms with van der Waals surface area (Å²) in [7, 11) is 0. The van der Waals surface area contributed by atoms with E-state index in [1.807, 2.05) is 19.1 Å². The number of nitrogens with zero attached hydrogens (tertiary/aromatic N) is 1. The van der Waals surface area contributed by atoms with E-state index in [1.165, 1.54) is 22.5 Å². The van der Waals surface area contributed by atoms with Crippen LogP contribution < -0.4 is 11.1 Å². The van der Waals surface area contributed by atoms with Crippen LogP contribution in [0.3, 0.4) is 0 Å². The van der Waals surface area contributed by atoms with Gasteiger partial charge in [0.2, 0.25) is 11.8 Å². The normalized spacial score (nSPS) is 30.3. The first-order valence-electron chi connectivity index (χ1n) is 11.9. The molecule has 3 N–H and O–H groups in total. The number of hydrogen-bond acceptors (Lipinski definition) is 5. The van der Waals surface area contributed by atoms with Gasteiger partial charge in [0.15, 0.2) is 5.13 Å². The Morgan fingerprint density at radius 2 is 2.12 bits per heavy atom. The average Bonchev–Trinajstić information content (AvgIpc) is 3.31. The van der Waals surface area contributed by atoms with Gasteiger partial charge in [0.05, 0.1) is 0 Å². The number of fused-ring (bicyclic) bond motifs is 5. The Kier molecular flexibility index (Phi) is 5.63. The zero-order chi connectivity index (χ0) is 23.3. The molecular formula is C26H31N3O3S. The first-order chi connectivity index (χ1) is 15.8. The summed E-state index contributed by atoms with van der Waals surface area (Å²) in [4.78, 5) is 42.6. The van der Waals surface area contributed by atoms with E-state index in [1.54, 1.807) is 6.20 Å². The van der Waals surface area contributed by atoms with Gasteiger partial charge < -0.3 is 11.1 Å². The predicted molar refractivity (Wildman–Crippen MR) is 128 cm³/mol. The molecule has 0 bridgehead atoms. The lowest BCUT2D eigenvalue weighted by atomic mass is 9.54. The molecule has 2 fully saturated rings. The lowest BCUT2D eigenvalue weighted by molar-refractivity contribution is -0.129. The number of thiazole rings is 1. The van der Waals surface area contributed by atoms with Crippen LogP contribution in [0.1, 0.15) is 77.7 Å². The fourth-order valence-electron chi connectivity index (χ4n) is 6.97. The van der Waals surface area contributed by atoms with Gasteiger partial charge >= 0.3 is 0 Å². The number of hydrogen-bond donors (Lipinski definition) is 2. The molecule has 5 atom stereocenters. The summed E-state index contributed by atoms with van der Waals surface area (Å²) in [5, 5.41) is 3.55. The van der Waals surface area contributed by atoms with Gasteiger partial charge in [-0.1, -0.05) is 13.0 Å². The van der Waals surface area contributed by atoms with Gasteiger partial charge in [0.25, 0.3) is 0 Å². The second kappa shape index (κ2) is 8.35. The minimum absolute atomic E-state index is 0.0225. The number of amides is 2. The summed E-state index contributed by atoms with van der Waals surface area (Å²) in [5.74, 6) is 1.37. The smallest absolute Gasteiger partial charge is 0.248 e. The van der Waals surface area contributed by atoms with Crippen molar-refractivity contribution in [1.29, 1.82) is 0 Å². The molecule has 0 radical (unpaired) electrons. The van der Waals surface area contributed by atoms with Crippen LogP contribution in [0.5, 0.6) is 0 Å². The number of nitrogens with one attached hydrogen (secondary N) is 1. The van der Waals surface area contributed by atoms with Crippen LogP contribution in [0.25, 0.3) is 0 Å². The second-order valence-electron chi connectivity index (χ2n) is 10.3. The average molecular weight is 466 g/mol. The molecular weight excluding hydrogens is 434 g/mol. The number of anilines is 1. The van der Waals surface area contributed by atoms with Crippen molar-refractivity contribution in [2.24, 2.45) is 28.9 Å². The van der Waals surface area contributed by atoms with Crippen LogP contribution in [0.15, 0.2) is 24.4 Å². The summed E-state index contributed by atoms with van der Waals surface area (Å²) >= 11 is 1.48. The van der Waals surface area contributed by atoms with Gasteiger partial charge in [-0.25, -0.2) is 4.98 Å². The quantitative estimate of drug-likeness (QED) is 0.672. The highest BCUT2D eigenvalue weighted by molar-refractivity contribution is 7.15. The minimum atomic E-state index is -0.385. The van der Waals surface area contributed by atoms with Gasteiger partial charge in [-0.3, -0.25) is 14.4 Å². The first-order valence-corrected chi connectivity index (χ1v) is 12.8. The van der Waals surface area contributed by atoms with Crippen molar-refractivity contribution in [2.75, 3.05) is 5.32 Å². The van der Waals surface area contributed by atoms with E-state index in [2.05, 4.69) is 23.3 Å². The molecule has 5 rings (SSSR count). The number of aromatic nitrogens is 1. The molecule has 2 aromatic rings. The number of aryl methyl sites for hydroxylation is 2. The van der Waals surface area contributed by atoms with Gasteiger partial charge in [-0.05, 0) is 86.0 Å². The first kappa shape index (κ1) is 22.3. The maximum atomic E-state index is 13.2. The Morgan fingerprint density at radius 1 is 1.30 bits per heavy atom. The lowest BCUT2D eigenvalue weighted by Gasteiger charge is -2.50. The molecule has 3 aliphatic carbocycles. The van der Waals surface area contributed by atoms with Crippen LogP contribution in [0, 0.1) is 30.1 Å². The highest BCUT2D eigenvalue weighted by Gasteiger charge is 2.58. The maximum absolute atomic E-state index is 13.2. The minimum Gasteiger partial charge on any atom is -0.366 e. The molecule has 1 aromatic carbocycles. The largest absolute Gasteiger partial charge is 0.366 e. The van der Waals surface area contributed by atoms with Crippen LogP contribution in [0.2, 0.25) is 0 Å². The Morgan fingerprint density at radius 3 is 2.85 bits per heavy atom. The predicted octanol–water partition coefficient (Wildman–Crippen LogP) is 4.62. The topological polar surface area (TPSA) is 102 Å². The van der Waals surface area contributed by atoms with Crippen molar-refractivity contribution in [3.05, 3.63) is 46.0 Å². The summed E-state index contributed by atoms with van der Waals surface area (Å²) in [6.07, 6.45) is 7.33. The third-order valence-corrected chi connectivity index (χ3v) is 9.29. The van der Waals surface area contributed by atoms with Gasteiger partial charge in [-0.15, -0.1) is 11.3 Å². The molecule has 174 valence electrons. The van der Waals surface area contributed by atoms with Gasteiger partial charge in [-0.2, -0.15) is 0 Å². The van der Waals surface area contributed by atoms with Crippen molar-refractivity contribution in [3.63, 3.8) is 0 Å². The molecule has 1 heterocycles. The van der Waals surface area contributed by atoms with Crippen molar-refractivity contribution >= 4 is 34.1 Å². The molecule has 0 aliphatic heterocycles. The SMILES string of the molecule is Cc1cnc(NC(=O)CC[C@@H]2CC(=O)[C@@]3(C)CC[C@@H]4c5ccc(C(N)=O)cc5CC[C@H]4[C@H]23)s1. The van der Waals surface area contributed by atoms with Crippen LogP contribution in [-0.2, 0) is 16.0 Å². The summed E-state index contributed by atoms with van der Waals surface area (Å²) in [6.45, 7) is 4.13. The maximum Gasteiger partial charge on any atom is 0.248 e. The molecule has 2 saturated carbocycles. The van der Waals surface area contributed by atoms with E-state index in [0.717, 1.165) is 37.0 Å². The fraction of sp³-hybridized carbons (Fsp3) is 0.538. The van der Waals surface area contributed by atoms with Crippen LogP contribution in [-0.4, -0.2) is 22.6 Å². The van der Waals surface area contributed by atoms with Crippen LogP contribution in [0.4, 0.5) is 5.13 Å². The zero-order valence-electron chi connectivity index (χ0n) is 19.2. The monoisotopic (exact) mass is 465 g/mol. The van der Waals surface area contributed by atoms with Gasteiger partial charge in [0, 0.05) is 34.9 Å². The molecule has 6 nitrogen and oxygen atoms in total. The highest BCUT2D eigenvalue weighted by Crippen LogP contribution is 2.62. The molecule has 1 aromatic heterocycles. The standard InChI is InChI=1S/C26H31N3O3S/c1-14-13-28-25(33-14)29-22(31)8-5-16-12-21(30)26(2)10-9-19-18-6-4-17(24(27)32)11-15(18)3-7-20(19)23(16)26/h4,6,11,13,16,19-20,23H,3,5,7-10,12H2,1-2H3,(H2,27,32)(H,28,29,31)/t16-,19-,20-,23+,26-/m1/s1. The number of rotatable bonds is 5. The number of benzene rings is 1. The van der Waals surface area contributed by atoms with E-state index in [0.29, 0.717) is 47.1 Å². The van der Waals surface area contributed by atoms with Crippen molar-refractivity contribution < 1.29 is 14.4 Å². The molecule has 0 unspecified atom stereocenters. The number of ketones is 1. The van der Waals surface area contributed by atoms with Gasteiger partial charge in [0.1, 0.15) is 5.78 Å². The Balaban J connectivity index is 1.34. The summed E-state index contributed by atoms with van der Waals surface area (Å²) in [6, 6.07) is 5.90. The number of primary amides is 1. The number of nitrogens with two attached hydrogens (primary N) is 1. The van der Waals surface area contributed by atoms with Crippen molar-refractivity contribution in [2.45, 2.75) is 64.7 Å². The van der Waals surface area contributed by atoms with E-state index >= 15 is 0 Å². The second-order valence-corrected chi connectivity index (χ2v) is 11.6. The third kappa shape index (κ3) is 3.90. The molecule has 7 heteroatoms. The number of carbonyl (C=O) groups excluding carboxylic acids is 3. The number of carbonyl (C=O) groups is 3. The summed E-state index contributed by atoms with van der Waals surface area (Å²) < 4.78 is 0. The molecule has 0 spiro atoms. The van der Waals surface area contributed by atoms with E-state index in [9.17, 15) is 14.4 Å². The van der Waals surface area contributed by atoms with Crippen molar-refractivity contribution in [1.82, 2.24) is 4.98 Å². The number of Topliss-reactive ketones (excluding diaryl/α,β-unsaturated/α-hetero) is 1.